The lowest BCUT2D eigenvalue weighted by atomic mass is 9.91. The molecule has 354 valence electrons. The molecule has 17 heteroatoms. The van der Waals surface area contributed by atoms with Gasteiger partial charge in [-0.15, -0.1) is 0 Å². The molecule has 0 aliphatic carbocycles. The first-order valence-corrected chi connectivity index (χ1v) is 24.8. The Labute approximate surface area is 399 Å². The van der Waals surface area contributed by atoms with Gasteiger partial charge >= 0.3 is 5.97 Å². The molecule has 0 aliphatic rings. The average molecular weight is 962 g/mol. The summed E-state index contributed by atoms with van der Waals surface area (Å²) in [6, 6.07) is 21.0. The van der Waals surface area contributed by atoms with E-state index in [1.165, 1.54) is 19.4 Å². The third-order valence-corrected chi connectivity index (χ3v) is 17.0. The monoisotopic (exact) mass is 960 g/mol. The number of aliphatic carboxylic acids is 1. The third-order valence-electron chi connectivity index (χ3n) is 11.6. The largest absolute Gasteiger partial charge is 0.481 e. The van der Waals surface area contributed by atoms with Crippen molar-refractivity contribution in [1.29, 1.82) is 0 Å². The number of hydrazine groups is 2. The molecule has 0 saturated carbocycles. The van der Waals surface area contributed by atoms with Crippen LogP contribution in [0.5, 0.6) is 0 Å². The van der Waals surface area contributed by atoms with Crippen LogP contribution in [0.3, 0.4) is 0 Å². The van der Waals surface area contributed by atoms with Crippen molar-refractivity contribution >= 4 is 66.6 Å². The number of benzene rings is 4. The number of rotatable bonds is 14. The van der Waals surface area contributed by atoms with Crippen LogP contribution in [0, 0.1) is 38.8 Å². The number of carboxylic acid groups (broad SMARTS) is 1. The van der Waals surface area contributed by atoms with E-state index in [1.807, 2.05) is 24.3 Å². The summed E-state index contributed by atoms with van der Waals surface area (Å²) < 4.78 is 6.22. The standard InChI is InChI=1S/C27H36ClN3O4Si.C13H14ClNO3.C9H12N2O/c1-17-21(13-14-23(29-6)24(17)28)15-22(18(2)32)26(34)31-30-25(33)20-11-9-19(10-12-20)16-35-36(7,8)27(3,4)5;1-7-9(4-5-11(15-3)12(7)14)6-10(8(2)16)13(17)18;1-2-7-3-5-8(6-4-7)9(12)11-10/h9-14,18,22,32H,15-16H2,1-5,7-8H3,(H,30,33)(H,31,34);4-5,8,10,16H,6H2,1-2H3,(H,17,18);3-6H,2,10H2,1H3,(H,11,12)/t18-,22+;8-,10+;/m00./s1. The molecule has 0 bridgehead atoms. The number of aliphatic hydroxyl groups is 2. The summed E-state index contributed by atoms with van der Waals surface area (Å²) >= 11 is 12.3. The molecule has 4 aromatic carbocycles. The van der Waals surface area contributed by atoms with Gasteiger partial charge in [0, 0.05) is 11.1 Å². The van der Waals surface area contributed by atoms with Crippen LogP contribution in [0.15, 0.2) is 72.8 Å². The molecule has 0 fully saturated rings. The van der Waals surface area contributed by atoms with Gasteiger partial charge in [0.2, 0.25) is 17.3 Å². The van der Waals surface area contributed by atoms with Crippen molar-refractivity contribution in [3.63, 3.8) is 0 Å². The normalized spacial score (nSPS) is 12.8. The lowest BCUT2D eigenvalue weighted by Crippen LogP contribution is -2.47. The number of hydrogen-bond donors (Lipinski definition) is 7. The molecule has 66 heavy (non-hydrogen) atoms. The highest BCUT2D eigenvalue weighted by Gasteiger charge is 2.37. The predicted octanol–water partition coefficient (Wildman–Crippen LogP) is 9.40. The van der Waals surface area contributed by atoms with Crippen molar-refractivity contribution in [2.75, 3.05) is 0 Å². The number of nitrogen functional groups attached to an aromatic ring is 1. The Morgan fingerprint density at radius 3 is 1.53 bits per heavy atom. The minimum absolute atomic E-state index is 0.112. The number of carbonyl (C=O) groups excluding carboxylic acids is 3. The summed E-state index contributed by atoms with van der Waals surface area (Å²) in [4.78, 5) is 54.0. The summed E-state index contributed by atoms with van der Waals surface area (Å²) in [5.41, 5.74) is 13.6. The number of carbonyl (C=O) groups is 4. The molecule has 4 atom stereocenters. The van der Waals surface area contributed by atoms with E-state index in [2.05, 4.69) is 66.8 Å². The molecule has 3 amide bonds. The Hall–Kier alpha value is -5.62. The molecule has 4 aromatic rings. The van der Waals surface area contributed by atoms with E-state index >= 15 is 0 Å². The van der Waals surface area contributed by atoms with Gasteiger partial charge in [-0.05, 0) is 123 Å². The summed E-state index contributed by atoms with van der Waals surface area (Å²) in [6.45, 7) is 34.1. The van der Waals surface area contributed by atoms with E-state index in [4.69, 9.17) is 51.7 Å². The van der Waals surface area contributed by atoms with Gasteiger partial charge in [0.1, 0.15) is 0 Å². The Morgan fingerprint density at radius 1 is 0.727 bits per heavy atom. The number of nitrogens with zero attached hydrogens (tertiary/aromatic N) is 2. The summed E-state index contributed by atoms with van der Waals surface area (Å²) in [5.74, 6) is 0.982. The molecule has 0 aliphatic heterocycles. The van der Waals surface area contributed by atoms with Crippen molar-refractivity contribution in [3.8, 4) is 0 Å². The molecule has 0 spiro atoms. The first-order valence-electron chi connectivity index (χ1n) is 21.2. The number of nitrogens with one attached hydrogen (secondary N) is 3. The van der Waals surface area contributed by atoms with E-state index in [9.17, 15) is 29.4 Å². The van der Waals surface area contributed by atoms with Crippen LogP contribution < -0.4 is 22.1 Å². The maximum atomic E-state index is 12.8. The molecule has 8 N–H and O–H groups in total. The molecular formula is C49H62Cl2N6O8Si. The molecule has 0 radical (unpaired) electrons. The second-order valence-electron chi connectivity index (χ2n) is 17.2. The summed E-state index contributed by atoms with van der Waals surface area (Å²) in [7, 11) is -1.88. The fraction of sp³-hybridized carbons (Fsp3) is 0.388. The summed E-state index contributed by atoms with van der Waals surface area (Å²) in [6.07, 6.45) is -0.546. The van der Waals surface area contributed by atoms with Crippen molar-refractivity contribution in [2.24, 2.45) is 17.7 Å². The smallest absolute Gasteiger partial charge is 0.309 e. The molecule has 0 unspecified atom stereocenters. The first-order chi connectivity index (χ1) is 30.8. The highest BCUT2D eigenvalue weighted by Crippen LogP contribution is 2.37. The zero-order chi connectivity index (χ0) is 50.1. The molecule has 0 saturated heterocycles. The van der Waals surface area contributed by atoms with E-state index in [0.29, 0.717) is 50.3 Å². The van der Waals surface area contributed by atoms with Crippen molar-refractivity contribution < 1.29 is 38.9 Å². The maximum Gasteiger partial charge on any atom is 0.309 e. The number of aliphatic hydroxyl groups excluding tert-OH is 2. The highest BCUT2D eigenvalue weighted by atomic mass is 35.5. The molecule has 0 heterocycles. The number of nitrogens with two attached hydrogens (primary N) is 1. The number of halogens is 2. The summed E-state index contributed by atoms with van der Waals surface area (Å²) in [5, 5.41) is 29.5. The van der Waals surface area contributed by atoms with E-state index in [-0.39, 0.29) is 23.8 Å². The third kappa shape index (κ3) is 16.4. The minimum atomic E-state index is -1.88. The Kier molecular flexibility index (Phi) is 22.2. The predicted molar refractivity (Wildman–Crippen MR) is 262 cm³/mol. The van der Waals surface area contributed by atoms with Gasteiger partial charge in [0.15, 0.2) is 8.32 Å². The molecular weight excluding hydrogens is 900 g/mol. The van der Waals surface area contributed by atoms with Crippen LogP contribution in [-0.4, -0.2) is 59.5 Å². The van der Waals surface area contributed by atoms with E-state index in [1.54, 1.807) is 62.4 Å². The fourth-order valence-electron chi connectivity index (χ4n) is 5.95. The second-order valence-corrected chi connectivity index (χ2v) is 22.8. The lowest BCUT2D eigenvalue weighted by molar-refractivity contribution is -0.145. The Morgan fingerprint density at radius 2 is 1.15 bits per heavy atom. The van der Waals surface area contributed by atoms with Crippen LogP contribution in [-0.2, 0) is 39.9 Å². The molecule has 0 aromatic heterocycles. The van der Waals surface area contributed by atoms with Gasteiger partial charge in [-0.1, -0.05) is 99.4 Å². The van der Waals surface area contributed by atoms with Gasteiger partial charge in [-0.3, -0.25) is 35.5 Å². The lowest BCUT2D eigenvalue weighted by Gasteiger charge is -2.36. The van der Waals surface area contributed by atoms with Crippen molar-refractivity contribution in [3.05, 3.63) is 150 Å². The van der Waals surface area contributed by atoms with Gasteiger partial charge < -0.3 is 19.7 Å². The molecule has 14 nitrogen and oxygen atoms in total. The number of carboxylic acids is 1. The van der Waals surface area contributed by atoms with Crippen LogP contribution in [0.4, 0.5) is 11.4 Å². The topological polar surface area (TPSA) is 209 Å². The van der Waals surface area contributed by atoms with E-state index < -0.39 is 50.1 Å². The maximum absolute atomic E-state index is 12.8. The minimum Gasteiger partial charge on any atom is -0.481 e. The van der Waals surface area contributed by atoms with Gasteiger partial charge in [-0.2, -0.15) is 0 Å². The second kappa shape index (κ2) is 25.9. The van der Waals surface area contributed by atoms with Crippen LogP contribution in [0.25, 0.3) is 9.69 Å². The average Bonchev–Trinajstić information content (AvgIpc) is 3.28. The van der Waals surface area contributed by atoms with Crippen molar-refractivity contribution in [2.45, 2.75) is 112 Å². The zero-order valence-electron chi connectivity index (χ0n) is 39.2. The molecule has 4 rings (SSSR count). The van der Waals surface area contributed by atoms with Crippen LogP contribution >= 0.6 is 23.2 Å². The Balaban J connectivity index is 0.000000409. The number of amides is 3. The zero-order valence-corrected chi connectivity index (χ0v) is 41.7. The van der Waals surface area contributed by atoms with E-state index in [0.717, 1.165) is 23.1 Å². The quantitative estimate of drug-likeness (QED) is 0.0211. The number of aryl methyl sites for hydroxylation is 1. The van der Waals surface area contributed by atoms with Gasteiger partial charge in [0.25, 0.3) is 11.8 Å². The van der Waals surface area contributed by atoms with Crippen LogP contribution in [0.1, 0.15) is 95.6 Å². The highest BCUT2D eigenvalue weighted by molar-refractivity contribution is 6.74. The number of hydrogen-bond acceptors (Lipinski definition) is 8. The Bertz CT molecular complexity index is 2390. The SMILES string of the molecule is CCc1ccc(C(=O)NN)cc1.[C-]#[N+]c1ccc(C[C@@H](C(=O)NNC(=O)c2ccc(CO[Si](C)(C)C(C)(C)C)cc2)[C@H](C)O)c(C)c1Cl.[C-]#[N+]c1ccc(C[C@@H](C(=O)O)[C@H](C)O)c(C)c1Cl. The van der Waals surface area contributed by atoms with Gasteiger partial charge in [0.05, 0.1) is 53.8 Å². The van der Waals surface area contributed by atoms with Crippen molar-refractivity contribution in [1.82, 2.24) is 16.3 Å². The van der Waals surface area contributed by atoms with Gasteiger partial charge in [-0.25, -0.2) is 15.5 Å². The fourth-order valence-corrected chi connectivity index (χ4v) is 7.36. The van der Waals surface area contributed by atoms with Crippen LogP contribution in [0.2, 0.25) is 28.2 Å². The first kappa shape index (κ1) is 56.5.